The average Bonchev–Trinajstić information content (AvgIpc) is 2.18. The summed E-state index contributed by atoms with van der Waals surface area (Å²) in [6.07, 6.45) is 1.05. The van der Waals surface area contributed by atoms with Crippen LogP contribution in [0.25, 0.3) is 0 Å². The zero-order chi connectivity index (χ0) is 10.6. The van der Waals surface area contributed by atoms with Crippen LogP contribution in [-0.2, 0) is 0 Å². The lowest BCUT2D eigenvalue weighted by Gasteiger charge is -2.39. The van der Waals surface area contributed by atoms with Crippen molar-refractivity contribution >= 4 is 11.8 Å². The number of piperidine rings is 3. The first-order valence-electron chi connectivity index (χ1n) is 4.55. The lowest BCUT2D eigenvalue weighted by molar-refractivity contribution is 0.190. The van der Waals surface area contributed by atoms with Gasteiger partial charge >= 0.3 is 6.09 Å². The summed E-state index contributed by atoms with van der Waals surface area (Å²) in [5.41, 5.74) is 5.03. The Morgan fingerprint density at radius 3 is 2.21 bits per heavy atom. The maximum atomic E-state index is 8.78. The van der Waals surface area contributed by atoms with Gasteiger partial charge in [0, 0.05) is 12.5 Å². The highest BCUT2D eigenvalue weighted by Crippen LogP contribution is 2.24. The van der Waals surface area contributed by atoms with Crippen molar-refractivity contribution in [2.24, 2.45) is 16.8 Å². The SMILES string of the molecule is NC(=O)O.ON=C1CN2CCC1CC2. The molecule has 3 saturated heterocycles. The van der Waals surface area contributed by atoms with Crippen molar-refractivity contribution in [1.82, 2.24) is 4.90 Å². The Labute approximate surface area is 82.0 Å². The van der Waals surface area contributed by atoms with E-state index < -0.39 is 6.09 Å². The Hall–Kier alpha value is -1.30. The summed E-state index contributed by atoms with van der Waals surface area (Å²) in [5, 5.41) is 19.1. The summed E-state index contributed by atoms with van der Waals surface area (Å²) >= 11 is 0. The minimum absolute atomic E-state index is 0.593. The Balaban J connectivity index is 0.000000213. The number of carbonyl (C=O) groups is 1. The molecule has 3 heterocycles. The molecule has 0 aromatic carbocycles. The van der Waals surface area contributed by atoms with Crippen molar-refractivity contribution < 1.29 is 15.1 Å². The lowest BCUT2D eigenvalue weighted by atomic mass is 9.87. The van der Waals surface area contributed by atoms with Gasteiger partial charge in [-0.15, -0.1) is 0 Å². The van der Waals surface area contributed by atoms with Crippen molar-refractivity contribution in [2.45, 2.75) is 12.8 Å². The highest BCUT2D eigenvalue weighted by atomic mass is 16.4. The molecule has 3 fully saturated rings. The molecule has 3 rings (SSSR count). The Bertz CT molecular complexity index is 230. The topological polar surface area (TPSA) is 99.2 Å². The van der Waals surface area contributed by atoms with Crippen molar-refractivity contribution in [2.75, 3.05) is 19.6 Å². The van der Waals surface area contributed by atoms with Crippen LogP contribution >= 0.6 is 0 Å². The Kier molecular flexibility index (Phi) is 3.70. The summed E-state index contributed by atoms with van der Waals surface area (Å²) in [5.74, 6) is 0.593. The van der Waals surface area contributed by atoms with E-state index in [0.717, 1.165) is 12.3 Å². The molecule has 0 aromatic rings. The third-order valence-electron chi connectivity index (χ3n) is 2.57. The molecule has 14 heavy (non-hydrogen) atoms. The van der Waals surface area contributed by atoms with Gasteiger partial charge in [0.1, 0.15) is 0 Å². The Morgan fingerprint density at radius 2 is 2.00 bits per heavy atom. The van der Waals surface area contributed by atoms with Gasteiger partial charge in [0.2, 0.25) is 0 Å². The second kappa shape index (κ2) is 4.80. The fourth-order valence-electron chi connectivity index (χ4n) is 1.90. The van der Waals surface area contributed by atoms with Crippen LogP contribution < -0.4 is 5.73 Å². The minimum atomic E-state index is -1.33. The third-order valence-corrected chi connectivity index (χ3v) is 2.57. The number of oxime groups is 1. The highest BCUT2D eigenvalue weighted by molar-refractivity contribution is 5.89. The standard InChI is InChI=1S/C7H12N2O.CH3NO2/c10-8-7-5-9-3-1-6(7)2-4-9;2-1(3)4/h6,10H,1-5H2;2H2,(H,3,4). The van der Waals surface area contributed by atoms with Gasteiger partial charge in [-0.25, -0.2) is 4.79 Å². The van der Waals surface area contributed by atoms with Gasteiger partial charge in [0.15, 0.2) is 0 Å². The van der Waals surface area contributed by atoms with Crippen molar-refractivity contribution in [3.8, 4) is 0 Å². The molecule has 0 atom stereocenters. The molecule has 2 bridgehead atoms. The van der Waals surface area contributed by atoms with Crippen LogP contribution in [0, 0.1) is 5.92 Å². The molecule has 6 nitrogen and oxygen atoms in total. The van der Waals surface area contributed by atoms with Crippen LogP contribution in [0.1, 0.15) is 12.8 Å². The van der Waals surface area contributed by atoms with Crippen molar-refractivity contribution in [1.29, 1.82) is 0 Å². The summed E-state index contributed by atoms with van der Waals surface area (Å²) in [6.45, 7) is 3.30. The third kappa shape index (κ3) is 2.88. The number of amides is 1. The van der Waals surface area contributed by atoms with Crippen LogP contribution in [0.5, 0.6) is 0 Å². The fraction of sp³-hybridized carbons (Fsp3) is 0.750. The first-order valence-corrected chi connectivity index (χ1v) is 4.55. The number of nitrogens with zero attached hydrogens (tertiary/aromatic N) is 2. The predicted octanol–water partition coefficient (Wildman–Crippen LogP) is 0.165. The molecular weight excluding hydrogens is 186 g/mol. The second-order valence-corrected chi connectivity index (χ2v) is 3.48. The minimum Gasteiger partial charge on any atom is -0.465 e. The van der Waals surface area contributed by atoms with E-state index in [1.807, 2.05) is 0 Å². The summed E-state index contributed by atoms with van der Waals surface area (Å²) in [4.78, 5) is 11.1. The maximum absolute atomic E-state index is 8.78. The number of carboxylic acid groups (broad SMARTS) is 1. The van der Waals surface area contributed by atoms with Gasteiger partial charge < -0.3 is 16.0 Å². The molecule has 0 saturated carbocycles. The zero-order valence-electron chi connectivity index (χ0n) is 7.89. The van der Waals surface area contributed by atoms with Gasteiger partial charge in [-0.1, -0.05) is 5.16 Å². The molecule has 1 amide bonds. The number of hydrogen-bond donors (Lipinski definition) is 3. The van der Waals surface area contributed by atoms with E-state index in [-0.39, 0.29) is 0 Å². The van der Waals surface area contributed by atoms with Crippen LogP contribution in [0.2, 0.25) is 0 Å². The Morgan fingerprint density at radius 1 is 1.50 bits per heavy atom. The molecule has 6 heteroatoms. The molecule has 0 spiro atoms. The van der Waals surface area contributed by atoms with E-state index in [0.29, 0.717) is 5.92 Å². The van der Waals surface area contributed by atoms with E-state index in [1.165, 1.54) is 25.9 Å². The van der Waals surface area contributed by atoms with E-state index in [1.54, 1.807) is 0 Å². The normalized spacial score (nSPS) is 32.1. The number of fused-ring (bicyclic) bond motifs is 3. The molecule has 0 aliphatic carbocycles. The van der Waals surface area contributed by atoms with E-state index in [9.17, 15) is 0 Å². The number of nitrogens with two attached hydrogens (primary N) is 1. The molecule has 0 unspecified atom stereocenters. The summed E-state index contributed by atoms with van der Waals surface area (Å²) in [6, 6.07) is 0. The molecule has 3 aliphatic heterocycles. The first-order chi connectivity index (χ1) is 6.63. The average molecular weight is 201 g/mol. The lowest BCUT2D eigenvalue weighted by Crippen LogP contribution is -2.47. The second-order valence-electron chi connectivity index (χ2n) is 3.48. The van der Waals surface area contributed by atoms with Crippen LogP contribution in [0.3, 0.4) is 0 Å². The quantitative estimate of drug-likeness (QED) is 0.384. The van der Waals surface area contributed by atoms with Crippen LogP contribution in [0.15, 0.2) is 5.16 Å². The van der Waals surface area contributed by atoms with Gasteiger partial charge in [0.25, 0.3) is 0 Å². The van der Waals surface area contributed by atoms with Crippen molar-refractivity contribution in [3.05, 3.63) is 0 Å². The fourth-order valence-corrected chi connectivity index (χ4v) is 1.90. The van der Waals surface area contributed by atoms with Gasteiger partial charge in [-0.05, 0) is 25.9 Å². The van der Waals surface area contributed by atoms with Gasteiger partial charge in [-0.2, -0.15) is 0 Å². The monoisotopic (exact) mass is 201 g/mol. The van der Waals surface area contributed by atoms with Crippen LogP contribution in [0.4, 0.5) is 4.79 Å². The van der Waals surface area contributed by atoms with Crippen molar-refractivity contribution in [3.63, 3.8) is 0 Å². The summed E-state index contributed by atoms with van der Waals surface area (Å²) < 4.78 is 0. The molecule has 0 aromatic heterocycles. The zero-order valence-corrected chi connectivity index (χ0v) is 7.89. The maximum Gasteiger partial charge on any atom is 0.402 e. The van der Waals surface area contributed by atoms with Gasteiger partial charge in [0.05, 0.1) is 5.71 Å². The molecular formula is C8H15N3O3. The highest BCUT2D eigenvalue weighted by Gasteiger charge is 2.30. The number of rotatable bonds is 0. The molecule has 0 radical (unpaired) electrons. The molecule has 3 aliphatic rings. The van der Waals surface area contributed by atoms with E-state index in [2.05, 4.69) is 15.8 Å². The summed E-state index contributed by atoms with van der Waals surface area (Å²) in [7, 11) is 0. The van der Waals surface area contributed by atoms with E-state index in [4.69, 9.17) is 15.1 Å². The molecule has 80 valence electrons. The smallest absolute Gasteiger partial charge is 0.402 e. The van der Waals surface area contributed by atoms with Gasteiger partial charge in [-0.3, -0.25) is 4.90 Å². The number of primary amides is 1. The number of hydrogen-bond acceptors (Lipinski definition) is 4. The largest absolute Gasteiger partial charge is 0.465 e. The molecule has 4 N–H and O–H groups in total. The first kappa shape index (κ1) is 10.8. The predicted molar refractivity (Wildman–Crippen MR) is 50.6 cm³/mol. The van der Waals surface area contributed by atoms with E-state index >= 15 is 0 Å². The van der Waals surface area contributed by atoms with Crippen LogP contribution in [-0.4, -0.2) is 46.7 Å².